The average Bonchev–Trinajstić information content (AvgIpc) is 2.97. The molecule has 11 heteroatoms. The van der Waals surface area contributed by atoms with Crippen LogP contribution in [0.4, 0.5) is 4.79 Å². The third-order valence-electron chi connectivity index (χ3n) is 4.32. The summed E-state index contributed by atoms with van der Waals surface area (Å²) < 4.78 is 4.80. The molecule has 1 fully saturated rings. The van der Waals surface area contributed by atoms with Gasteiger partial charge in [0.1, 0.15) is 0 Å². The van der Waals surface area contributed by atoms with Gasteiger partial charge in [-0.15, -0.1) is 0 Å². The number of benzene rings is 1. The number of amidine groups is 1. The number of halogens is 3. The number of amides is 3. The van der Waals surface area contributed by atoms with E-state index in [-0.39, 0.29) is 23.4 Å². The van der Waals surface area contributed by atoms with Crippen molar-refractivity contribution in [1.82, 2.24) is 9.80 Å². The number of rotatable bonds is 4. The molecule has 0 N–H and O–H groups in total. The molecule has 2 aliphatic rings. The Balaban J connectivity index is 1.97. The minimum Gasteiger partial charge on any atom is -0.469 e. The van der Waals surface area contributed by atoms with Gasteiger partial charge >= 0.3 is 12.0 Å². The van der Waals surface area contributed by atoms with Gasteiger partial charge in [-0.05, 0) is 33.6 Å². The maximum Gasteiger partial charge on any atom is 0.329 e. The minimum atomic E-state index is -1.53. The Hall–Kier alpha value is -1.97. The van der Waals surface area contributed by atoms with Gasteiger partial charge in [0.2, 0.25) is 0 Å². The third kappa shape index (κ3) is 3.35. The third-order valence-corrected chi connectivity index (χ3v) is 5.42. The molecule has 2 heterocycles. The number of fused-ring (bicyclic) bond motifs is 1. The van der Waals surface area contributed by atoms with Crippen molar-refractivity contribution in [3.05, 3.63) is 33.8 Å². The first-order valence-electron chi connectivity index (χ1n) is 7.64. The van der Waals surface area contributed by atoms with Gasteiger partial charge < -0.3 is 4.74 Å². The van der Waals surface area contributed by atoms with Gasteiger partial charge in [-0.1, -0.05) is 29.3 Å². The van der Waals surface area contributed by atoms with E-state index in [2.05, 4.69) is 30.7 Å². The van der Waals surface area contributed by atoms with Gasteiger partial charge in [0, 0.05) is 7.05 Å². The fourth-order valence-corrected chi connectivity index (χ4v) is 3.69. The van der Waals surface area contributed by atoms with Crippen LogP contribution in [0.2, 0.25) is 10.0 Å². The van der Waals surface area contributed by atoms with Gasteiger partial charge in [-0.25, -0.2) is 14.8 Å². The number of carbonyl (C=O) groups is 3. The highest BCUT2D eigenvalue weighted by Crippen LogP contribution is 2.35. The molecule has 1 unspecified atom stereocenters. The second kappa shape index (κ2) is 7.21. The highest BCUT2D eigenvalue weighted by molar-refractivity contribution is 9.18. The number of imide groups is 1. The number of urea groups is 1. The molecule has 0 aromatic heterocycles. The van der Waals surface area contributed by atoms with Crippen LogP contribution in [0.3, 0.4) is 0 Å². The summed E-state index contributed by atoms with van der Waals surface area (Å²) in [5.41, 5.74) is -0.964. The number of methoxy groups -OCH3 is 1. The van der Waals surface area contributed by atoms with Gasteiger partial charge in [-0.2, -0.15) is 0 Å². The lowest BCUT2D eigenvalue weighted by atomic mass is 9.95. The van der Waals surface area contributed by atoms with Gasteiger partial charge in [0.15, 0.2) is 16.1 Å². The fourth-order valence-electron chi connectivity index (χ4n) is 2.89. The zero-order valence-electron chi connectivity index (χ0n) is 14.2. The van der Waals surface area contributed by atoms with Crippen LogP contribution in [0.1, 0.15) is 12.0 Å². The normalized spacial score (nSPS) is 21.8. The van der Waals surface area contributed by atoms with Crippen molar-refractivity contribution in [2.45, 2.75) is 18.6 Å². The number of carbonyl (C=O) groups excluding carboxylic acids is 3. The van der Waals surface area contributed by atoms with Crippen LogP contribution in [-0.2, 0) is 20.9 Å². The van der Waals surface area contributed by atoms with E-state index in [1.54, 1.807) is 18.2 Å². The molecule has 0 radical (unpaired) electrons. The average molecular weight is 476 g/mol. The zero-order valence-corrected chi connectivity index (χ0v) is 17.3. The number of ether oxygens (including phenoxy) is 1. The van der Waals surface area contributed by atoms with Gasteiger partial charge in [0.25, 0.3) is 5.91 Å². The number of nitrogens with zero attached hydrogens (tertiary/aromatic N) is 4. The Morgan fingerprint density at radius 2 is 2.00 bits per heavy atom. The first-order chi connectivity index (χ1) is 12.7. The molecular weight excluding hydrogens is 463 g/mol. The van der Waals surface area contributed by atoms with E-state index in [0.717, 1.165) is 4.90 Å². The zero-order chi connectivity index (χ0) is 19.9. The summed E-state index contributed by atoms with van der Waals surface area (Å²) in [5, 5.41) is 0.673. The van der Waals surface area contributed by atoms with Gasteiger partial charge in [0.05, 0.1) is 30.1 Å². The van der Waals surface area contributed by atoms with Crippen molar-refractivity contribution < 1.29 is 19.1 Å². The molecular formula is C16H13BrCl2N4O4. The highest BCUT2D eigenvalue weighted by atomic mass is 79.9. The van der Waals surface area contributed by atoms with Gasteiger partial charge in [-0.3, -0.25) is 19.4 Å². The SMILES string of the molecule is COC(=O)CC12N=C(Br)N=C1C(=O)N(Cc1ccc(Cl)c(Cl)c1)C(=O)N2C. The van der Waals surface area contributed by atoms with Crippen molar-refractivity contribution in [2.24, 2.45) is 9.98 Å². The standard InChI is InChI=1S/C16H13BrCl2N4O4/c1-22-15(26)23(7-8-3-4-9(18)10(19)5-8)13(25)12-16(22,6-11(24)27-2)21-14(17)20-12/h3-5H,6-7H2,1-2H3. The van der Waals surface area contributed by atoms with Crippen molar-refractivity contribution in [3.63, 3.8) is 0 Å². The fraction of sp³-hybridized carbons (Fsp3) is 0.312. The van der Waals surface area contributed by atoms with Crippen molar-refractivity contribution in [1.29, 1.82) is 0 Å². The molecule has 8 nitrogen and oxygen atoms in total. The van der Waals surface area contributed by atoms with E-state index >= 15 is 0 Å². The molecule has 0 spiro atoms. The lowest BCUT2D eigenvalue weighted by molar-refractivity contribution is -0.142. The molecule has 3 amide bonds. The molecule has 2 aliphatic heterocycles. The first kappa shape index (κ1) is 19.8. The molecule has 0 bridgehead atoms. The smallest absolute Gasteiger partial charge is 0.329 e. The van der Waals surface area contributed by atoms with Crippen LogP contribution in [-0.4, -0.2) is 58.0 Å². The predicted molar refractivity (Wildman–Crippen MR) is 103 cm³/mol. The van der Waals surface area contributed by atoms with Crippen LogP contribution in [0, 0.1) is 0 Å². The van der Waals surface area contributed by atoms with Crippen molar-refractivity contribution in [3.8, 4) is 0 Å². The molecule has 0 aliphatic carbocycles. The first-order valence-corrected chi connectivity index (χ1v) is 9.19. The van der Waals surface area contributed by atoms with Crippen molar-refractivity contribution >= 4 is 67.5 Å². The number of hydrogen-bond acceptors (Lipinski definition) is 6. The summed E-state index contributed by atoms with van der Waals surface area (Å²) in [6, 6.07) is 4.19. The maximum absolute atomic E-state index is 13.0. The van der Waals surface area contributed by atoms with Crippen molar-refractivity contribution in [2.75, 3.05) is 14.2 Å². The van der Waals surface area contributed by atoms with E-state index in [1.165, 1.54) is 19.1 Å². The Morgan fingerprint density at radius 1 is 1.30 bits per heavy atom. The van der Waals surface area contributed by atoms with E-state index in [1.807, 2.05) is 0 Å². The Bertz CT molecular complexity index is 920. The van der Waals surface area contributed by atoms with E-state index in [4.69, 9.17) is 23.2 Å². The molecule has 1 aromatic rings. The van der Waals surface area contributed by atoms with E-state index < -0.39 is 23.6 Å². The van der Waals surface area contributed by atoms with Crippen LogP contribution in [0.25, 0.3) is 0 Å². The van der Waals surface area contributed by atoms with Crippen LogP contribution in [0.5, 0.6) is 0 Å². The molecule has 1 aromatic carbocycles. The summed E-state index contributed by atoms with van der Waals surface area (Å²) in [6.07, 6.45) is -0.327. The van der Waals surface area contributed by atoms with E-state index in [0.29, 0.717) is 15.6 Å². The quantitative estimate of drug-likeness (QED) is 0.494. The second-order valence-electron chi connectivity index (χ2n) is 5.89. The summed E-state index contributed by atoms with van der Waals surface area (Å²) in [4.78, 5) is 48.3. The highest BCUT2D eigenvalue weighted by Gasteiger charge is 2.57. The number of esters is 1. The van der Waals surface area contributed by atoms with Crippen LogP contribution < -0.4 is 0 Å². The Labute approximate surface area is 172 Å². The molecule has 0 saturated carbocycles. The summed E-state index contributed by atoms with van der Waals surface area (Å²) >= 11 is 15.0. The molecule has 27 heavy (non-hydrogen) atoms. The molecule has 1 saturated heterocycles. The van der Waals surface area contributed by atoms with Crippen LogP contribution >= 0.6 is 39.1 Å². The minimum absolute atomic E-state index is 0.0379. The lowest BCUT2D eigenvalue weighted by Crippen LogP contribution is -2.67. The largest absolute Gasteiger partial charge is 0.469 e. The van der Waals surface area contributed by atoms with Crippen LogP contribution in [0.15, 0.2) is 28.2 Å². The predicted octanol–water partition coefficient (Wildman–Crippen LogP) is 2.85. The number of aliphatic imine (C=N–C) groups is 2. The lowest BCUT2D eigenvalue weighted by Gasteiger charge is -2.43. The Morgan fingerprint density at radius 3 is 2.63 bits per heavy atom. The molecule has 3 rings (SSSR count). The summed E-state index contributed by atoms with van der Waals surface area (Å²) in [7, 11) is 2.66. The topological polar surface area (TPSA) is 91.6 Å². The molecule has 1 atom stereocenters. The second-order valence-corrected chi connectivity index (χ2v) is 7.42. The maximum atomic E-state index is 13.0. The monoisotopic (exact) mass is 474 g/mol. The Kier molecular flexibility index (Phi) is 5.29. The summed E-state index contributed by atoms with van der Waals surface area (Å²) in [5.74, 6) is -1.27. The molecule has 142 valence electrons. The number of hydrogen-bond donors (Lipinski definition) is 0. The van der Waals surface area contributed by atoms with E-state index in [9.17, 15) is 14.4 Å². The summed E-state index contributed by atoms with van der Waals surface area (Å²) in [6.45, 7) is -0.0379.